The van der Waals surface area contributed by atoms with Gasteiger partial charge in [-0.05, 0) is 0 Å². The van der Waals surface area contributed by atoms with Crippen molar-refractivity contribution >= 4 is 19.4 Å². The molecule has 0 bridgehead atoms. The van der Waals surface area contributed by atoms with Gasteiger partial charge in [-0.15, -0.1) is 0 Å². The van der Waals surface area contributed by atoms with Crippen molar-refractivity contribution in [1.82, 2.24) is 9.55 Å². The summed E-state index contributed by atoms with van der Waals surface area (Å²) in [6.45, 7) is 2.66. The minimum absolute atomic E-state index is 0.0244. The number of hydrogen-bond acceptors (Lipinski definition) is 1. The molecule has 0 saturated heterocycles. The Balaban J connectivity index is 1.90. The third-order valence-corrected chi connectivity index (χ3v) is 6.13. The maximum absolute atomic E-state index is 14.2. The molecule has 0 saturated carbocycles. The van der Waals surface area contributed by atoms with E-state index in [1.807, 2.05) is 17.7 Å². The first kappa shape index (κ1) is 15.9. The molecule has 3 aromatic rings. The SMILES string of the molecule is Cc1ccc([Se]C(Cn2ccnc2)c2ccc(F)cc2F)cc1. The number of rotatable bonds is 5. The second-order valence-electron chi connectivity index (χ2n) is 5.34. The van der Waals surface area contributed by atoms with Crippen LogP contribution < -0.4 is 4.46 Å². The van der Waals surface area contributed by atoms with E-state index < -0.39 is 11.6 Å². The van der Waals surface area contributed by atoms with Gasteiger partial charge in [0.05, 0.1) is 0 Å². The molecule has 1 aromatic heterocycles. The van der Waals surface area contributed by atoms with Crippen LogP contribution in [0.5, 0.6) is 0 Å². The summed E-state index contributed by atoms with van der Waals surface area (Å²) in [6.07, 6.45) is 5.29. The topological polar surface area (TPSA) is 17.8 Å². The minimum atomic E-state index is -0.546. The van der Waals surface area contributed by atoms with Crippen LogP contribution in [0.2, 0.25) is 0 Å². The number of aromatic nitrogens is 2. The van der Waals surface area contributed by atoms with Crippen molar-refractivity contribution in [2.45, 2.75) is 18.3 Å². The Morgan fingerprint density at radius 1 is 1.13 bits per heavy atom. The standard InChI is InChI=1S/C18H16F2N2Se/c1-13-2-5-15(6-3-13)23-18(11-22-9-8-21-12-22)16-7-4-14(19)10-17(16)20/h2-10,12,18H,11H2,1H3. The first-order valence-corrected chi connectivity index (χ1v) is 9.10. The average molecular weight is 377 g/mol. The molecular weight excluding hydrogens is 361 g/mol. The number of hydrogen-bond donors (Lipinski definition) is 0. The van der Waals surface area contributed by atoms with Gasteiger partial charge in [-0.1, -0.05) is 0 Å². The Hall–Kier alpha value is -1.97. The van der Waals surface area contributed by atoms with E-state index in [0.29, 0.717) is 12.1 Å². The van der Waals surface area contributed by atoms with Crippen molar-refractivity contribution in [3.05, 3.63) is 83.9 Å². The second kappa shape index (κ2) is 7.07. The fourth-order valence-electron chi connectivity index (χ4n) is 2.33. The summed E-state index contributed by atoms with van der Waals surface area (Å²) in [4.78, 5) is 4.01. The number of nitrogens with zero attached hydrogens (tertiary/aromatic N) is 2. The molecule has 3 rings (SSSR count). The van der Waals surface area contributed by atoms with Gasteiger partial charge in [-0.2, -0.15) is 0 Å². The van der Waals surface area contributed by atoms with Crippen molar-refractivity contribution in [3.63, 3.8) is 0 Å². The summed E-state index contributed by atoms with van der Waals surface area (Å²) < 4.78 is 30.6. The molecular formula is C18H16F2N2Se. The molecule has 0 aliphatic rings. The van der Waals surface area contributed by atoms with Crippen LogP contribution in [0.25, 0.3) is 0 Å². The molecule has 2 aromatic carbocycles. The summed E-state index contributed by atoms with van der Waals surface area (Å²) in [7, 11) is 0. The molecule has 23 heavy (non-hydrogen) atoms. The van der Waals surface area contributed by atoms with E-state index >= 15 is 0 Å². The monoisotopic (exact) mass is 378 g/mol. The summed E-state index contributed by atoms with van der Waals surface area (Å²) >= 11 is 0.0244. The first-order valence-electron chi connectivity index (χ1n) is 7.26. The van der Waals surface area contributed by atoms with Gasteiger partial charge in [0.2, 0.25) is 0 Å². The number of halogens is 2. The van der Waals surface area contributed by atoms with Crippen LogP contribution >= 0.6 is 0 Å². The Labute approximate surface area is 140 Å². The van der Waals surface area contributed by atoms with Gasteiger partial charge in [-0.25, -0.2) is 0 Å². The van der Waals surface area contributed by atoms with Crippen LogP contribution in [0.4, 0.5) is 8.78 Å². The van der Waals surface area contributed by atoms with Crippen molar-refractivity contribution in [2.75, 3.05) is 0 Å². The van der Waals surface area contributed by atoms with Crippen LogP contribution in [0.1, 0.15) is 15.9 Å². The van der Waals surface area contributed by atoms with Crippen LogP contribution in [-0.4, -0.2) is 24.5 Å². The molecule has 118 valence electrons. The van der Waals surface area contributed by atoms with Gasteiger partial charge < -0.3 is 0 Å². The van der Waals surface area contributed by atoms with E-state index in [9.17, 15) is 8.78 Å². The Morgan fingerprint density at radius 2 is 1.91 bits per heavy atom. The predicted molar refractivity (Wildman–Crippen MR) is 87.9 cm³/mol. The van der Waals surface area contributed by atoms with Gasteiger partial charge in [0.15, 0.2) is 0 Å². The van der Waals surface area contributed by atoms with E-state index in [1.165, 1.54) is 16.1 Å². The van der Waals surface area contributed by atoms with Gasteiger partial charge >= 0.3 is 140 Å². The van der Waals surface area contributed by atoms with Gasteiger partial charge in [-0.3, -0.25) is 0 Å². The molecule has 0 aliphatic heterocycles. The summed E-state index contributed by atoms with van der Waals surface area (Å²) in [5, 5.41) is 0. The molecule has 2 nitrogen and oxygen atoms in total. The zero-order valence-electron chi connectivity index (χ0n) is 12.6. The molecule has 1 unspecified atom stereocenters. The number of imidazole rings is 1. The molecule has 1 heterocycles. The zero-order chi connectivity index (χ0) is 16.2. The molecule has 0 fully saturated rings. The molecule has 0 spiro atoms. The Morgan fingerprint density at radius 3 is 2.57 bits per heavy atom. The third-order valence-electron chi connectivity index (χ3n) is 3.54. The number of benzene rings is 2. The molecule has 0 aliphatic carbocycles. The molecule has 1 atom stereocenters. The second-order valence-corrected chi connectivity index (χ2v) is 8.02. The van der Waals surface area contributed by atoms with Crippen LogP contribution in [0, 0.1) is 18.6 Å². The van der Waals surface area contributed by atoms with Gasteiger partial charge in [0, 0.05) is 0 Å². The summed E-state index contributed by atoms with van der Waals surface area (Å²) in [5.74, 6) is -1.03. The summed E-state index contributed by atoms with van der Waals surface area (Å²) in [5.41, 5.74) is 1.75. The fraction of sp³-hybridized carbons (Fsp3) is 0.167. The van der Waals surface area contributed by atoms with Crippen LogP contribution in [-0.2, 0) is 6.54 Å². The maximum atomic E-state index is 14.2. The van der Waals surface area contributed by atoms with Crippen molar-refractivity contribution in [2.24, 2.45) is 0 Å². The fourth-order valence-corrected chi connectivity index (χ4v) is 4.82. The predicted octanol–water partition coefficient (Wildman–Crippen LogP) is 3.24. The van der Waals surface area contributed by atoms with E-state index in [0.717, 1.165) is 6.07 Å². The Bertz CT molecular complexity index is 770. The van der Waals surface area contributed by atoms with Gasteiger partial charge in [0.25, 0.3) is 0 Å². The normalized spacial score (nSPS) is 12.3. The Kier molecular flexibility index (Phi) is 4.89. The van der Waals surface area contributed by atoms with E-state index in [2.05, 4.69) is 29.2 Å². The average Bonchev–Trinajstić information content (AvgIpc) is 3.02. The molecule has 0 amide bonds. The third kappa shape index (κ3) is 4.06. The van der Waals surface area contributed by atoms with E-state index in [4.69, 9.17) is 0 Å². The van der Waals surface area contributed by atoms with E-state index in [1.54, 1.807) is 18.6 Å². The molecule has 0 radical (unpaired) electrons. The zero-order valence-corrected chi connectivity index (χ0v) is 14.3. The van der Waals surface area contributed by atoms with Crippen LogP contribution in [0.15, 0.2) is 61.2 Å². The van der Waals surface area contributed by atoms with Crippen molar-refractivity contribution < 1.29 is 8.78 Å². The first-order chi connectivity index (χ1) is 11.1. The quantitative estimate of drug-likeness (QED) is 0.625. The number of aryl methyl sites for hydroxylation is 1. The van der Waals surface area contributed by atoms with Crippen LogP contribution in [0.3, 0.4) is 0 Å². The molecule has 5 heteroatoms. The van der Waals surface area contributed by atoms with E-state index in [-0.39, 0.29) is 19.8 Å². The van der Waals surface area contributed by atoms with Gasteiger partial charge in [0.1, 0.15) is 0 Å². The molecule has 0 N–H and O–H groups in total. The van der Waals surface area contributed by atoms with Crippen molar-refractivity contribution in [1.29, 1.82) is 0 Å². The summed E-state index contributed by atoms with van der Waals surface area (Å²) in [6, 6.07) is 12.1. The van der Waals surface area contributed by atoms with Crippen molar-refractivity contribution in [3.8, 4) is 0 Å².